The third-order valence-corrected chi connectivity index (χ3v) is 6.24. The van der Waals surface area contributed by atoms with Gasteiger partial charge in [-0.1, -0.05) is 12.1 Å². The second-order valence-electron chi connectivity index (χ2n) is 7.40. The molecule has 0 radical (unpaired) electrons. The molecule has 8 heteroatoms. The first-order valence-corrected chi connectivity index (χ1v) is 10.9. The van der Waals surface area contributed by atoms with E-state index < -0.39 is 0 Å². The summed E-state index contributed by atoms with van der Waals surface area (Å²) in [6.07, 6.45) is 1.57. The Balaban J connectivity index is 1.55. The quantitative estimate of drug-likeness (QED) is 0.475. The first kappa shape index (κ1) is 19.8. The van der Waals surface area contributed by atoms with E-state index in [1.807, 2.05) is 25.1 Å². The second kappa shape index (κ2) is 8.56. The Labute approximate surface area is 183 Å². The summed E-state index contributed by atoms with van der Waals surface area (Å²) < 4.78 is 18.8. The highest BCUT2D eigenvalue weighted by molar-refractivity contribution is 8.00. The smallest absolute Gasteiger partial charge is 0.137 e. The van der Waals surface area contributed by atoms with E-state index >= 15 is 0 Å². The summed E-state index contributed by atoms with van der Waals surface area (Å²) in [6, 6.07) is 14.6. The molecule has 1 aliphatic heterocycles. The molecule has 4 aromatic rings. The van der Waals surface area contributed by atoms with Gasteiger partial charge in [-0.3, -0.25) is 0 Å². The minimum atomic E-state index is -0.254. The standard InChI is InChI=1S/C23H20FN5OS/c1-14-2-7-18(29-28-14)10-25-23-20-8-16(15-3-5-17(24)6-4-15)9-21(22(20)26-13-27-23)31-19-11-30-12-19/h2-9,13,19H,10-12H2,1H3,(H,25,26,27). The highest BCUT2D eigenvalue weighted by Gasteiger charge is 2.22. The number of hydrogen-bond donors (Lipinski definition) is 1. The van der Waals surface area contributed by atoms with Gasteiger partial charge < -0.3 is 10.1 Å². The van der Waals surface area contributed by atoms with E-state index in [-0.39, 0.29) is 5.82 Å². The number of fused-ring (bicyclic) bond motifs is 1. The van der Waals surface area contributed by atoms with Crippen LogP contribution in [-0.2, 0) is 11.3 Å². The number of aryl methyl sites for hydroxylation is 1. The Morgan fingerprint density at radius 1 is 1.03 bits per heavy atom. The molecule has 1 N–H and O–H groups in total. The predicted molar refractivity (Wildman–Crippen MR) is 119 cm³/mol. The van der Waals surface area contributed by atoms with Crippen LogP contribution in [0.15, 0.2) is 59.8 Å². The monoisotopic (exact) mass is 433 g/mol. The summed E-state index contributed by atoms with van der Waals surface area (Å²) in [6.45, 7) is 3.87. The molecule has 31 heavy (non-hydrogen) atoms. The number of hydrogen-bond acceptors (Lipinski definition) is 7. The SMILES string of the molecule is Cc1ccc(CNc2ncnc3c(SC4COC4)cc(-c4ccc(F)cc4)cc23)nn1. The van der Waals surface area contributed by atoms with Crippen LogP contribution in [0.2, 0.25) is 0 Å². The van der Waals surface area contributed by atoms with Gasteiger partial charge in [-0.15, -0.1) is 11.8 Å². The molecular formula is C23H20FN5OS. The molecular weight excluding hydrogens is 413 g/mol. The lowest BCUT2D eigenvalue weighted by molar-refractivity contribution is 0.0455. The molecule has 0 bridgehead atoms. The Morgan fingerprint density at radius 2 is 1.87 bits per heavy atom. The van der Waals surface area contributed by atoms with Gasteiger partial charge in [0.05, 0.1) is 41.9 Å². The number of rotatable bonds is 6. The number of benzene rings is 2. The van der Waals surface area contributed by atoms with Crippen molar-refractivity contribution in [2.45, 2.75) is 23.6 Å². The predicted octanol–water partition coefficient (Wildman–Crippen LogP) is 4.64. The maximum atomic E-state index is 13.5. The molecule has 0 atom stereocenters. The second-order valence-corrected chi connectivity index (χ2v) is 8.74. The maximum Gasteiger partial charge on any atom is 0.137 e. The lowest BCUT2D eigenvalue weighted by Crippen LogP contribution is -2.30. The van der Waals surface area contributed by atoms with Crippen molar-refractivity contribution in [3.05, 3.63) is 72.1 Å². The van der Waals surface area contributed by atoms with Gasteiger partial charge in [-0.2, -0.15) is 10.2 Å². The molecule has 0 spiro atoms. The third-order valence-electron chi connectivity index (χ3n) is 5.07. The van der Waals surface area contributed by atoms with E-state index in [0.29, 0.717) is 11.8 Å². The van der Waals surface area contributed by atoms with Crippen molar-refractivity contribution in [2.75, 3.05) is 18.5 Å². The van der Waals surface area contributed by atoms with Crippen LogP contribution in [0.3, 0.4) is 0 Å². The zero-order chi connectivity index (χ0) is 21.2. The summed E-state index contributed by atoms with van der Waals surface area (Å²) in [7, 11) is 0. The van der Waals surface area contributed by atoms with Gasteiger partial charge in [0, 0.05) is 10.3 Å². The average molecular weight is 434 g/mol. The van der Waals surface area contributed by atoms with E-state index in [1.54, 1.807) is 30.2 Å². The van der Waals surface area contributed by atoms with Crippen LogP contribution in [0, 0.1) is 12.7 Å². The highest BCUT2D eigenvalue weighted by atomic mass is 32.2. The summed E-state index contributed by atoms with van der Waals surface area (Å²) >= 11 is 1.76. The van der Waals surface area contributed by atoms with Gasteiger partial charge >= 0.3 is 0 Å². The lowest BCUT2D eigenvalue weighted by Gasteiger charge is -2.26. The van der Waals surface area contributed by atoms with Crippen LogP contribution in [0.5, 0.6) is 0 Å². The molecule has 0 unspecified atom stereocenters. The summed E-state index contributed by atoms with van der Waals surface area (Å²) in [5.41, 5.74) is 4.52. The van der Waals surface area contributed by atoms with E-state index in [2.05, 4.69) is 31.5 Å². The number of thioether (sulfide) groups is 1. The fourth-order valence-electron chi connectivity index (χ4n) is 3.33. The largest absolute Gasteiger partial charge is 0.379 e. The van der Waals surface area contributed by atoms with E-state index in [9.17, 15) is 4.39 Å². The highest BCUT2D eigenvalue weighted by Crippen LogP contribution is 2.38. The van der Waals surface area contributed by atoms with Crippen molar-refractivity contribution in [3.8, 4) is 11.1 Å². The zero-order valence-electron chi connectivity index (χ0n) is 16.9. The zero-order valence-corrected chi connectivity index (χ0v) is 17.7. The molecule has 0 amide bonds. The maximum absolute atomic E-state index is 13.5. The molecule has 0 aliphatic carbocycles. The number of nitrogens with zero attached hydrogens (tertiary/aromatic N) is 4. The normalized spacial score (nSPS) is 13.9. The first-order chi connectivity index (χ1) is 15.2. The van der Waals surface area contributed by atoms with Crippen LogP contribution in [0.1, 0.15) is 11.4 Å². The van der Waals surface area contributed by atoms with Gasteiger partial charge in [0.1, 0.15) is 18.0 Å². The van der Waals surface area contributed by atoms with Crippen molar-refractivity contribution in [2.24, 2.45) is 0 Å². The van der Waals surface area contributed by atoms with Crippen LogP contribution in [0.4, 0.5) is 10.2 Å². The van der Waals surface area contributed by atoms with Crippen molar-refractivity contribution in [1.29, 1.82) is 0 Å². The lowest BCUT2D eigenvalue weighted by atomic mass is 10.0. The average Bonchev–Trinajstić information content (AvgIpc) is 2.76. The van der Waals surface area contributed by atoms with Crippen LogP contribution >= 0.6 is 11.8 Å². The van der Waals surface area contributed by atoms with E-state index in [0.717, 1.165) is 57.3 Å². The molecule has 6 nitrogen and oxygen atoms in total. The number of halogens is 1. The molecule has 3 heterocycles. The molecule has 5 rings (SSSR count). The third kappa shape index (κ3) is 4.35. The van der Waals surface area contributed by atoms with E-state index in [4.69, 9.17) is 4.74 Å². The Bertz CT molecular complexity index is 1210. The number of nitrogens with one attached hydrogen (secondary N) is 1. The molecule has 2 aromatic carbocycles. The van der Waals surface area contributed by atoms with Gasteiger partial charge in [0.15, 0.2) is 0 Å². The summed E-state index contributed by atoms with van der Waals surface area (Å²) in [5, 5.41) is 13.0. The Hall–Kier alpha value is -3.10. The van der Waals surface area contributed by atoms with Crippen molar-refractivity contribution < 1.29 is 9.13 Å². The van der Waals surface area contributed by atoms with Gasteiger partial charge in [-0.25, -0.2) is 14.4 Å². The Morgan fingerprint density at radius 3 is 2.58 bits per heavy atom. The van der Waals surface area contributed by atoms with Gasteiger partial charge in [0.2, 0.25) is 0 Å². The minimum Gasteiger partial charge on any atom is -0.379 e. The van der Waals surface area contributed by atoms with Crippen molar-refractivity contribution in [1.82, 2.24) is 20.2 Å². The molecule has 1 fully saturated rings. The molecule has 1 saturated heterocycles. The fourth-order valence-corrected chi connectivity index (χ4v) is 4.49. The Kier molecular flexibility index (Phi) is 5.48. The van der Waals surface area contributed by atoms with Gasteiger partial charge in [0.25, 0.3) is 0 Å². The van der Waals surface area contributed by atoms with Crippen LogP contribution in [-0.4, -0.2) is 38.6 Å². The first-order valence-electron chi connectivity index (χ1n) is 9.98. The van der Waals surface area contributed by atoms with Crippen molar-refractivity contribution >= 4 is 28.5 Å². The summed E-state index contributed by atoms with van der Waals surface area (Å²) in [4.78, 5) is 10.1. The van der Waals surface area contributed by atoms with Crippen LogP contribution < -0.4 is 5.32 Å². The topological polar surface area (TPSA) is 72.8 Å². The van der Waals surface area contributed by atoms with Gasteiger partial charge in [-0.05, 0) is 54.4 Å². The van der Waals surface area contributed by atoms with Crippen LogP contribution in [0.25, 0.3) is 22.0 Å². The van der Waals surface area contributed by atoms with E-state index in [1.165, 1.54) is 12.1 Å². The summed E-state index contributed by atoms with van der Waals surface area (Å²) in [5.74, 6) is 0.471. The molecule has 156 valence electrons. The fraction of sp³-hybridized carbons (Fsp3) is 0.217. The number of ether oxygens (including phenoxy) is 1. The minimum absolute atomic E-state index is 0.254. The number of anilines is 1. The molecule has 2 aromatic heterocycles. The molecule has 1 aliphatic rings. The molecule has 0 saturated carbocycles. The number of aromatic nitrogens is 4. The van der Waals surface area contributed by atoms with Crippen molar-refractivity contribution in [3.63, 3.8) is 0 Å².